The first kappa shape index (κ1) is 22.9. The minimum absolute atomic E-state index is 0.669. The van der Waals surface area contributed by atoms with Crippen molar-refractivity contribution in [2.75, 3.05) is 6.61 Å². The predicted molar refractivity (Wildman–Crippen MR) is 86.3 cm³/mol. The lowest BCUT2D eigenvalue weighted by Crippen LogP contribution is -2.64. The second-order valence-electron chi connectivity index (χ2n) is 6.68. The summed E-state index contributed by atoms with van der Waals surface area (Å²) in [6.07, 6.45) is -14.4. The molecular formula is C16H26O12. The molecular weight excluding hydrogens is 384 g/mol. The van der Waals surface area contributed by atoms with Gasteiger partial charge in [0.05, 0.1) is 12.7 Å². The normalized spacial score (nSPS) is 44.0. The van der Waals surface area contributed by atoms with E-state index < -0.39 is 80.0 Å². The van der Waals surface area contributed by atoms with Crippen LogP contribution in [0.5, 0.6) is 0 Å². The minimum Gasteiger partial charge on any atom is -0.457 e. The lowest BCUT2D eigenvalue weighted by atomic mass is 9.97. The molecule has 0 unspecified atom stereocenters. The first-order chi connectivity index (χ1) is 13.1. The maximum atomic E-state index is 11.4. The van der Waals surface area contributed by atoms with E-state index in [1.165, 1.54) is 6.92 Å². The van der Waals surface area contributed by atoms with Gasteiger partial charge >= 0.3 is 11.9 Å². The summed E-state index contributed by atoms with van der Waals surface area (Å²) in [7, 11) is 0. The maximum absolute atomic E-state index is 11.4. The number of aliphatic hydroxyl groups is 5. The minimum atomic E-state index is -1.77. The van der Waals surface area contributed by atoms with Gasteiger partial charge in [0.25, 0.3) is 0 Å². The van der Waals surface area contributed by atoms with Gasteiger partial charge in [0.1, 0.15) is 30.5 Å². The van der Waals surface area contributed by atoms with Crippen molar-refractivity contribution in [2.45, 2.75) is 82.2 Å². The van der Waals surface area contributed by atoms with Gasteiger partial charge in [-0.05, 0) is 6.92 Å². The van der Waals surface area contributed by atoms with Gasteiger partial charge in [0, 0.05) is 13.8 Å². The second-order valence-corrected chi connectivity index (χ2v) is 6.68. The number of esters is 2. The quantitative estimate of drug-likeness (QED) is 0.286. The fourth-order valence-corrected chi connectivity index (χ4v) is 3.16. The Morgan fingerprint density at radius 3 is 1.96 bits per heavy atom. The van der Waals surface area contributed by atoms with E-state index in [4.69, 9.17) is 23.7 Å². The zero-order chi connectivity index (χ0) is 21.2. The Kier molecular flexibility index (Phi) is 7.70. The summed E-state index contributed by atoms with van der Waals surface area (Å²) in [5.74, 6) is -1.48. The number of carbonyl (C=O) groups is 2. The average Bonchev–Trinajstić information content (AvgIpc) is 2.61. The predicted octanol–water partition coefficient (Wildman–Crippen LogP) is -3.23. The highest BCUT2D eigenvalue weighted by Crippen LogP contribution is 2.31. The molecule has 2 saturated heterocycles. The Bertz CT molecular complexity index is 556. The van der Waals surface area contributed by atoms with Crippen LogP contribution in [0, 0.1) is 0 Å². The Hall–Kier alpha value is -1.38. The first-order valence-corrected chi connectivity index (χ1v) is 8.70. The van der Waals surface area contributed by atoms with Gasteiger partial charge < -0.3 is 49.2 Å². The third-order valence-electron chi connectivity index (χ3n) is 4.49. The highest BCUT2D eigenvalue weighted by atomic mass is 16.7. The average molecular weight is 410 g/mol. The van der Waals surface area contributed by atoms with Crippen LogP contribution in [0.15, 0.2) is 0 Å². The molecule has 0 radical (unpaired) electrons. The number of aliphatic hydroxyl groups excluding tert-OH is 5. The largest absolute Gasteiger partial charge is 0.457 e. The van der Waals surface area contributed by atoms with E-state index in [2.05, 4.69) is 0 Å². The van der Waals surface area contributed by atoms with Crippen LogP contribution >= 0.6 is 0 Å². The molecule has 10 atom stereocenters. The van der Waals surface area contributed by atoms with Crippen LogP contribution in [0.3, 0.4) is 0 Å². The van der Waals surface area contributed by atoms with Crippen molar-refractivity contribution >= 4 is 11.9 Å². The third-order valence-corrected chi connectivity index (χ3v) is 4.49. The Labute approximate surface area is 160 Å². The topological polar surface area (TPSA) is 181 Å². The van der Waals surface area contributed by atoms with Crippen molar-refractivity contribution < 1.29 is 58.8 Å². The van der Waals surface area contributed by atoms with Crippen molar-refractivity contribution in [3.63, 3.8) is 0 Å². The summed E-state index contributed by atoms with van der Waals surface area (Å²) >= 11 is 0. The van der Waals surface area contributed by atoms with Crippen molar-refractivity contribution in [1.82, 2.24) is 0 Å². The molecule has 2 fully saturated rings. The molecule has 0 aromatic rings. The smallest absolute Gasteiger partial charge is 0.303 e. The Morgan fingerprint density at radius 2 is 1.43 bits per heavy atom. The molecule has 0 bridgehead atoms. The van der Waals surface area contributed by atoms with E-state index in [9.17, 15) is 35.1 Å². The lowest BCUT2D eigenvalue weighted by molar-refractivity contribution is -0.353. The van der Waals surface area contributed by atoms with E-state index in [0.29, 0.717) is 0 Å². The molecule has 0 saturated carbocycles. The van der Waals surface area contributed by atoms with Gasteiger partial charge in [-0.25, -0.2) is 0 Å². The highest BCUT2D eigenvalue weighted by Gasteiger charge is 2.52. The molecule has 0 aromatic carbocycles. The van der Waals surface area contributed by atoms with Crippen LogP contribution in [0.25, 0.3) is 0 Å². The number of hydrogen-bond acceptors (Lipinski definition) is 12. The van der Waals surface area contributed by atoms with Gasteiger partial charge in [-0.2, -0.15) is 0 Å². The second kappa shape index (κ2) is 9.41. The van der Waals surface area contributed by atoms with Crippen molar-refractivity contribution in [2.24, 2.45) is 0 Å². The van der Waals surface area contributed by atoms with Crippen LogP contribution in [-0.2, 0) is 33.3 Å². The van der Waals surface area contributed by atoms with Crippen LogP contribution < -0.4 is 0 Å². The zero-order valence-electron chi connectivity index (χ0n) is 15.6. The number of ether oxygens (including phenoxy) is 5. The standard InChI is InChI=1S/C16H26O12/c1-5-12(25-6(2)18)10(21)14(26-7(3)19)16(24-5)28-13-9(20)8(4-17)27-15(23)11(13)22/h5,8-17,20-23H,4H2,1-3H3/t5-,8+,9+,10+,11+,12+,13-,14+,15+,16-/m0/s1. The molecule has 2 aliphatic rings. The van der Waals surface area contributed by atoms with E-state index in [1.54, 1.807) is 0 Å². The number of carbonyl (C=O) groups excluding carboxylic acids is 2. The summed E-state index contributed by atoms with van der Waals surface area (Å²) in [4.78, 5) is 22.7. The van der Waals surface area contributed by atoms with Gasteiger partial charge in [0.2, 0.25) is 0 Å². The molecule has 12 nitrogen and oxygen atoms in total. The molecule has 28 heavy (non-hydrogen) atoms. The number of hydrogen-bond donors (Lipinski definition) is 5. The summed E-state index contributed by atoms with van der Waals surface area (Å²) in [5, 5.41) is 49.8. The fraction of sp³-hybridized carbons (Fsp3) is 0.875. The van der Waals surface area contributed by atoms with Crippen LogP contribution in [0.4, 0.5) is 0 Å². The number of rotatable bonds is 5. The molecule has 2 rings (SSSR count). The molecule has 2 aliphatic heterocycles. The lowest BCUT2D eigenvalue weighted by Gasteiger charge is -2.46. The molecule has 2 heterocycles. The maximum Gasteiger partial charge on any atom is 0.303 e. The SMILES string of the molecule is CC(=O)O[C@H]1[C@H](O[C@@H]2[C@@H](O)[C@H](O)O[C@H](CO)[C@H]2O)O[C@@H](C)[C@@H](OC(C)=O)[C@H]1O. The molecule has 0 amide bonds. The summed E-state index contributed by atoms with van der Waals surface area (Å²) < 4.78 is 26.0. The highest BCUT2D eigenvalue weighted by molar-refractivity contribution is 5.67. The van der Waals surface area contributed by atoms with Crippen molar-refractivity contribution in [3.8, 4) is 0 Å². The molecule has 12 heteroatoms. The van der Waals surface area contributed by atoms with E-state index in [1.807, 2.05) is 0 Å². The van der Waals surface area contributed by atoms with E-state index in [0.717, 1.165) is 13.8 Å². The van der Waals surface area contributed by atoms with Crippen LogP contribution in [0.1, 0.15) is 20.8 Å². The van der Waals surface area contributed by atoms with E-state index in [-0.39, 0.29) is 0 Å². The summed E-state index contributed by atoms with van der Waals surface area (Å²) in [6, 6.07) is 0. The molecule has 0 spiro atoms. The molecule has 162 valence electrons. The molecule has 0 aromatic heterocycles. The summed E-state index contributed by atoms with van der Waals surface area (Å²) in [5.41, 5.74) is 0. The monoisotopic (exact) mass is 410 g/mol. The fourth-order valence-electron chi connectivity index (χ4n) is 3.16. The van der Waals surface area contributed by atoms with Crippen molar-refractivity contribution in [1.29, 1.82) is 0 Å². The molecule has 0 aliphatic carbocycles. The van der Waals surface area contributed by atoms with E-state index >= 15 is 0 Å². The third kappa shape index (κ3) is 4.96. The summed E-state index contributed by atoms with van der Waals surface area (Å²) in [6.45, 7) is 3.01. The van der Waals surface area contributed by atoms with Gasteiger partial charge in [-0.1, -0.05) is 0 Å². The van der Waals surface area contributed by atoms with Crippen LogP contribution in [0.2, 0.25) is 0 Å². The Morgan fingerprint density at radius 1 is 0.857 bits per heavy atom. The molecule has 5 N–H and O–H groups in total. The van der Waals surface area contributed by atoms with Gasteiger partial charge in [-0.3, -0.25) is 9.59 Å². The first-order valence-electron chi connectivity index (χ1n) is 8.70. The van der Waals surface area contributed by atoms with Crippen LogP contribution in [-0.4, -0.2) is 105 Å². The van der Waals surface area contributed by atoms with Gasteiger partial charge in [-0.15, -0.1) is 0 Å². The zero-order valence-corrected chi connectivity index (χ0v) is 15.6. The van der Waals surface area contributed by atoms with Gasteiger partial charge in [0.15, 0.2) is 24.8 Å². The van der Waals surface area contributed by atoms with Crippen molar-refractivity contribution in [3.05, 3.63) is 0 Å². The Balaban J connectivity index is 2.23.